The Bertz CT molecular complexity index is 967. The molecule has 2 aliphatic heterocycles. The average molecular weight is 405 g/mol. The van der Waals surface area contributed by atoms with Crippen LogP contribution in [0.5, 0.6) is 0 Å². The third-order valence-electron chi connectivity index (χ3n) is 5.30. The zero-order valence-corrected chi connectivity index (χ0v) is 16.8. The van der Waals surface area contributed by atoms with E-state index in [9.17, 15) is 12.8 Å². The molecule has 28 heavy (non-hydrogen) atoms. The fraction of sp³-hybridized carbons (Fsp3) is 0.421. The summed E-state index contributed by atoms with van der Waals surface area (Å²) in [5.74, 6) is -0.322. The van der Waals surface area contributed by atoms with E-state index in [-0.39, 0.29) is 11.9 Å². The molecule has 2 aromatic rings. The second-order valence-corrected chi connectivity index (χ2v) is 9.40. The van der Waals surface area contributed by atoms with Crippen LogP contribution in [-0.4, -0.2) is 66.2 Å². The van der Waals surface area contributed by atoms with Gasteiger partial charge in [-0.05, 0) is 36.8 Å². The van der Waals surface area contributed by atoms with Crippen LogP contribution in [0.4, 0.5) is 15.8 Å². The van der Waals surface area contributed by atoms with Crippen molar-refractivity contribution in [2.45, 2.75) is 19.5 Å². The maximum atomic E-state index is 14.2. The first-order chi connectivity index (χ1) is 13.3. The molecule has 9 heteroatoms. The van der Waals surface area contributed by atoms with Crippen molar-refractivity contribution < 1.29 is 12.8 Å². The van der Waals surface area contributed by atoms with Gasteiger partial charge < -0.3 is 5.32 Å². The first kappa shape index (κ1) is 19.3. The highest BCUT2D eigenvalue weighted by atomic mass is 32.2. The molecule has 0 bridgehead atoms. The van der Waals surface area contributed by atoms with Gasteiger partial charge in [-0.15, -0.1) is 0 Å². The third kappa shape index (κ3) is 3.75. The summed E-state index contributed by atoms with van der Waals surface area (Å²) in [5.41, 5.74) is 3.02. The van der Waals surface area contributed by atoms with Crippen molar-refractivity contribution in [1.29, 1.82) is 0 Å². The zero-order valence-electron chi connectivity index (χ0n) is 16.0. The number of piperazine rings is 1. The van der Waals surface area contributed by atoms with E-state index in [0.29, 0.717) is 38.4 Å². The van der Waals surface area contributed by atoms with Crippen LogP contribution < -0.4 is 5.32 Å². The van der Waals surface area contributed by atoms with Crippen LogP contribution >= 0.6 is 0 Å². The van der Waals surface area contributed by atoms with Crippen LogP contribution in [0.1, 0.15) is 11.3 Å². The van der Waals surface area contributed by atoms with E-state index in [4.69, 9.17) is 0 Å². The number of hydrogen-bond acceptors (Lipinski definition) is 5. The van der Waals surface area contributed by atoms with Crippen LogP contribution in [0, 0.1) is 12.7 Å². The lowest BCUT2D eigenvalue weighted by atomic mass is 10.1. The molecule has 7 nitrogen and oxygen atoms in total. The smallest absolute Gasteiger partial charge is 0.282 e. The topological polar surface area (TPSA) is 68.8 Å². The van der Waals surface area contributed by atoms with Crippen LogP contribution in [0.25, 0.3) is 0 Å². The molecule has 2 fully saturated rings. The highest BCUT2D eigenvalue weighted by molar-refractivity contribution is 7.87. The molecular formula is C19H24FN5O2S. The van der Waals surface area contributed by atoms with Crippen LogP contribution in [0.15, 0.2) is 36.5 Å². The van der Waals surface area contributed by atoms with Crippen LogP contribution in [0.3, 0.4) is 0 Å². The molecular weight excluding hydrogens is 381 g/mol. The van der Waals surface area contributed by atoms with Gasteiger partial charge in [-0.2, -0.15) is 17.0 Å². The Morgan fingerprint density at radius 1 is 1.21 bits per heavy atom. The molecule has 3 heterocycles. The molecule has 1 atom stereocenters. The third-order valence-corrected chi connectivity index (χ3v) is 7.31. The molecule has 150 valence electrons. The Labute approximate surface area is 165 Å². The minimum absolute atomic E-state index is 0.0274. The number of anilines is 2. The summed E-state index contributed by atoms with van der Waals surface area (Å²) in [6.45, 7) is 4.87. The summed E-state index contributed by atoms with van der Waals surface area (Å²) in [6.07, 6.45) is 1.68. The molecule has 2 aliphatic rings. The maximum absolute atomic E-state index is 14.2. The number of hydrogen-bond donors (Lipinski definition) is 1. The number of likely N-dealkylation sites (N-methyl/N-ethyl adjacent to an activating group) is 1. The van der Waals surface area contributed by atoms with Gasteiger partial charge in [-0.3, -0.25) is 9.88 Å². The Balaban J connectivity index is 1.45. The van der Waals surface area contributed by atoms with Gasteiger partial charge >= 0.3 is 0 Å². The van der Waals surface area contributed by atoms with Crippen molar-refractivity contribution in [3.8, 4) is 0 Å². The standard InChI is InChI=1S/C19H24FN5O2S/c1-14-3-5-16(10-21-14)22-19-9-15(4-6-18(19)20)11-24-7-8-25-17(13-24)12-23(2)28(25,26)27/h3-6,9-10,17,22H,7-8,11-13H2,1-2H3/t17-/m0/s1. The van der Waals surface area contributed by atoms with Crippen molar-refractivity contribution >= 4 is 21.6 Å². The molecule has 1 aromatic heterocycles. The second-order valence-electron chi connectivity index (χ2n) is 7.42. The van der Waals surface area contributed by atoms with Crippen molar-refractivity contribution in [2.75, 3.05) is 38.5 Å². The lowest BCUT2D eigenvalue weighted by molar-refractivity contribution is 0.140. The summed E-state index contributed by atoms with van der Waals surface area (Å²) < 4.78 is 41.7. The fourth-order valence-electron chi connectivity index (χ4n) is 3.79. The average Bonchev–Trinajstić information content (AvgIpc) is 2.88. The Kier molecular flexibility index (Phi) is 5.09. The van der Waals surface area contributed by atoms with E-state index in [1.54, 1.807) is 29.7 Å². The van der Waals surface area contributed by atoms with Crippen molar-refractivity contribution in [1.82, 2.24) is 18.5 Å². The lowest BCUT2D eigenvalue weighted by Crippen LogP contribution is -2.51. The van der Waals surface area contributed by atoms with Gasteiger partial charge in [0, 0.05) is 45.5 Å². The van der Waals surface area contributed by atoms with Crippen molar-refractivity contribution in [2.24, 2.45) is 0 Å². The molecule has 1 N–H and O–H groups in total. The van der Waals surface area contributed by atoms with Gasteiger partial charge in [0.1, 0.15) is 5.82 Å². The predicted molar refractivity (Wildman–Crippen MR) is 106 cm³/mol. The monoisotopic (exact) mass is 405 g/mol. The Morgan fingerprint density at radius 3 is 2.79 bits per heavy atom. The van der Waals surface area contributed by atoms with E-state index in [1.807, 2.05) is 19.1 Å². The molecule has 1 aromatic carbocycles. The SMILES string of the molecule is Cc1ccc(Nc2cc(CN3CCN4[C@H](C3)CN(C)S4(=O)=O)ccc2F)cn1. The number of benzene rings is 1. The van der Waals surface area contributed by atoms with Gasteiger partial charge in [-0.25, -0.2) is 4.39 Å². The number of nitrogens with one attached hydrogen (secondary N) is 1. The van der Waals surface area contributed by atoms with Gasteiger partial charge in [-0.1, -0.05) is 6.07 Å². The molecule has 0 unspecified atom stereocenters. The summed E-state index contributed by atoms with van der Waals surface area (Å²) in [6, 6.07) is 8.75. The minimum Gasteiger partial charge on any atom is -0.352 e. The van der Waals surface area contributed by atoms with Crippen LogP contribution in [-0.2, 0) is 16.8 Å². The van der Waals surface area contributed by atoms with E-state index in [2.05, 4.69) is 15.2 Å². The molecule has 0 aliphatic carbocycles. The largest absolute Gasteiger partial charge is 0.352 e. The fourth-order valence-corrected chi connectivity index (χ4v) is 5.33. The van der Waals surface area contributed by atoms with E-state index in [1.165, 1.54) is 10.4 Å². The number of aryl methyl sites for hydroxylation is 1. The van der Waals surface area contributed by atoms with Crippen LogP contribution in [0.2, 0.25) is 0 Å². The first-order valence-corrected chi connectivity index (χ1v) is 10.7. The normalized spacial score (nSPS) is 22.9. The molecule has 0 amide bonds. The molecule has 4 rings (SSSR count). The zero-order chi connectivity index (χ0) is 19.9. The van der Waals surface area contributed by atoms with E-state index >= 15 is 0 Å². The van der Waals surface area contributed by atoms with Gasteiger partial charge in [0.15, 0.2) is 0 Å². The van der Waals surface area contributed by atoms with Gasteiger partial charge in [0.2, 0.25) is 0 Å². The number of rotatable bonds is 4. The lowest BCUT2D eigenvalue weighted by Gasteiger charge is -2.35. The first-order valence-electron chi connectivity index (χ1n) is 9.26. The predicted octanol–water partition coefficient (Wildman–Crippen LogP) is 1.95. The number of halogens is 1. The summed E-state index contributed by atoms with van der Waals surface area (Å²) in [5, 5.41) is 3.08. The van der Waals surface area contributed by atoms with Gasteiger partial charge in [0.25, 0.3) is 10.2 Å². The number of fused-ring (bicyclic) bond motifs is 1. The van der Waals surface area contributed by atoms with Crippen molar-refractivity contribution in [3.63, 3.8) is 0 Å². The van der Waals surface area contributed by atoms with Gasteiger partial charge in [0.05, 0.1) is 23.6 Å². The minimum atomic E-state index is -3.30. The summed E-state index contributed by atoms with van der Waals surface area (Å²) in [4.78, 5) is 6.44. The highest BCUT2D eigenvalue weighted by Gasteiger charge is 2.44. The number of aromatic nitrogens is 1. The molecule has 0 saturated carbocycles. The molecule has 0 radical (unpaired) electrons. The van der Waals surface area contributed by atoms with E-state index < -0.39 is 10.2 Å². The number of pyridine rings is 1. The summed E-state index contributed by atoms with van der Waals surface area (Å²) >= 11 is 0. The van der Waals surface area contributed by atoms with Crippen molar-refractivity contribution in [3.05, 3.63) is 53.6 Å². The molecule has 0 spiro atoms. The number of nitrogens with zero attached hydrogens (tertiary/aromatic N) is 4. The Morgan fingerprint density at radius 2 is 2.04 bits per heavy atom. The highest BCUT2D eigenvalue weighted by Crippen LogP contribution is 2.26. The quantitative estimate of drug-likeness (QED) is 0.842. The summed E-state index contributed by atoms with van der Waals surface area (Å²) in [7, 11) is -1.68. The second kappa shape index (κ2) is 7.40. The maximum Gasteiger partial charge on any atom is 0.282 e. The molecule has 2 saturated heterocycles. The Hall–Kier alpha value is -2.07. The van der Waals surface area contributed by atoms with E-state index in [0.717, 1.165) is 16.9 Å².